The molecule has 21 heavy (non-hydrogen) atoms. The Morgan fingerprint density at radius 3 is 2.57 bits per heavy atom. The first-order valence-electron chi connectivity index (χ1n) is 6.59. The van der Waals surface area contributed by atoms with E-state index in [0.717, 1.165) is 11.1 Å². The number of halogens is 1. The lowest BCUT2D eigenvalue weighted by molar-refractivity contribution is 0.0520. The molecular weight excluding hydrogens is 288 g/mol. The Bertz CT molecular complexity index is 794. The highest BCUT2D eigenvalue weighted by molar-refractivity contribution is 6.30. The predicted molar refractivity (Wildman–Crippen MR) is 81.6 cm³/mol. The van der Waals surface area contributed by atoms with Crippen LogP contribution in [0.25, 0.3) is 16.8 Å². The number of ether oxygens (including phenoxy) is 1. The zero-order valence-corrected chi connectivity index (χ0v) is 12.2. The third-order valence-electron chi connectivity index (χ3n) is 3.11. The molecular formula is C16H13ClN2O2. The highest BCUT2D eigenvalue weighted by atomic mass is 35.5. The van der Waals surface area contributed by atoms with Gasteiger partial charge in [0.25, 0.3) is 0 Å². The molecule has 106 valence electrons. The Balaban J connectivity index is 2.00. The number of fused-ring (bicyclic) bond motifs is 1. The van der Waals surface area contributed by atoms with E-state index in [1.54, 1.807) is 13.1 Å². The van der Waals surface area contributed by atoms with Crippen LogP contribution in [-0.2, 0) is 4.74 Å². The number of imidazole rings is 1. The fraction of sp³-hybridized carbons (Fsp3) is 0.125. The minimum absolute atomic E-state index is 0.310. The molecule has 0 spiro atoms. The molecule has 0 radical (unpaired) electrons. The van der Waals surface area contributed by atoms with Gasteiger partial charge in [0.05, 0.1) is 6.61 Å². The summed E-state index contributed by atoms with van der Waals surface area (Å²) in [6, 6.07) is 11.4. The van der Waals surface area contributed by atoms with E-state index >= 15 is 0 Å². The van der Waals surface area contributed by atoms with E-state index in [2.05, 4.69) is 4.98 Å². The van der Waals surface area contributed by atoms with Gasteiger partial charge in [-0.1, -0.05) is 23.7 Å². The number of carbonyl (C=O) groups excluding carboxylic acids is 1. The molecule has 4 nitrogen and oxygen atoms in total. The van der Waals surface area contributed by atoms with Crippen LogP contribution in [0.4, 0.5) is 0 Å². The number of rotatable bonds is 3. The molecule has 0 unspecified atom stereocenters. The summed E-state index contributed by atoms with van der Waals surface area (Å²) in [6.07, 6.45) is 3.60. The number of nitrogens with zero attached hydrogens (tertiary/aromatic N) is 2. The fourth-order valence-corrected chi connectivity index (χ4v) is 2.23. The van der Waals surface area contributed by atoms with Crippen LogP contribution in [0.15, 0.2) is 48.8 Å². The number of hydrogen-bond donors (Lipinski definition) is 0. The third kappa shape index (κ3) is 2.76. The maximum atomic E-state index is 11.7. The molecule has 0 aliphatic heterocycles. The average Bonchev–Trinajstić information content (AvgIpc) is 2.91. The molecule has 5 heteroatoms. The van der Waals surface area contributed by atoms with Crippen molar-refractivity contribution in [3.05, 3.63) is 59.5 Å². The highest BCUT2D eigenvalue weighted by Gasteiger charge is 2.11. The molecule has 0 atom stereocenters. The van der Waals surface area contributed by atoms with Crippen molar-refractivity contribution < 1.29 is 9.53 Å². The van der Waals surface area contributed by atoms with Crippen molar-refractivity contribution in [2.24, 2.45) is 0 Å². The first-order valence-corrected chi connectivity index (χ1v) is 6.97. The van der Waals surface area contributed by atoms with Crippen LogP contribution in [0.5, 0.6) is 0 Å². The van der Waals surface area contributed by atoms with Gasteiger partial charge >= 0.3 is 5.97 Å². The second kappa shape index (κ2) is 5.58. The summed E-state index contributed by atoms with van der Waals surface area (Å²) in [4.78, 5) is 15.9. The van der Waals surface area contributed by atoms with Crippen LogP contribution in [-0.4, -0.2) is 22.0 Å². The molecule has 0 saturated heterocycles. The van der Waals surface area contributed by atoms with Crippen molar-refractivity contribution in [1.82, 2.24) is 9.38 Å². The number of aromatic nitrogens is 2. The van der Waals surface area contributed by atoms with E-state index < -0.39 is 5.97 Å². The van der Waals surface area contributed by atoms with E-state index in [1.807, 2.05) is 47.0 Å². The number of esters is 1. The van der Waals surface area contributed by atoms with Gasteiger partial charge in [0.1, 0.15) is 5.65 Å². The molecule has 0 amide bonds. The Hall–Kier alpha value is -2.33. The number of pyridine rings is 1. The van der Waals surface area contributed by atoms with E-state index in [1.165, 1.54) is 0 Å². The van der Waals surface area contributed by atoms with Gasteiger partial charge < -0.3 is 9.14 Å². The van der Waals surface area contributed by atoms with Gasteiger partial charge in [0.15, 0.2) is 5.69 Å². The Kier molecular flexibility index (Phi) is 3.62. The van der Waals surface area contributed by atoms with Gasteiger partial charge in [0.2, 0.25) is 0 Å². The summed E-state index contributed by atoms with van der Waals surface area (Å²) in [5.74, 6) is -0.408. The van der Waals surface area contributed by atoms with E-state index in [-0.39, 0.29) is 0 Å². The molecule has 2 aromatic heterocycles. The topological polar surface area (TPSA) is 43.6 Å². The fourth-order valence-electron chi connectivity index (χ4n) is 2.11. The molecule has 0 fully saturated rings. The molecule has 3 rings (SSSR count). The Labute approximate surface area is 126 Å². The summed E-state index contributed by atoms with van der Waals surface area (Å²) >= 11 is 5.90. The van der Waals surface area contributed by atoms with Crippen molar-refractivity contribution in [3.63, 3.8) is 0 Å². The lowest BCUT2D eigenvalue weighted by atomic mass is 10.1. The largest absolute Gasteiger partial charge is 0.461 e. The van der Waals surface area contributed by atoms with Gasteiger partial charge in [-0.2, -0.15) is 0 Å². The number of hydrogen-bond acceptors (Lipinski definition) is 3. The summed E-state index contributed by atoms with van der Waals surface area (Å²) < 4.78 is 6.77. The lowest BCUT2D eigenvalue weighted by Crippen LogP contribution is -2.04. The van der Waals surface area contributed by atoms with Gasteiger partial charge in [-0.05, 0) is 42.3 Å². The second-order valence-corrected chi connectivity index (χ2v) is 4.97. The number of benzene rings is 1. The lowest BCUT2D eigenvalue weighted by Gasteiger charge is -2.02. The first kappa shape index (κ1) is 13.6. The summed E-state index contributed by atoms with van der Waals surface area (Å²) in [6.45, 7) is 2.11. The van der Waals surface area contributed by atoms with Gasteiger partial charge in [0, 0.05) is 17.4 Å². The quantitative estimate of drug-likeness (QED) is 0.690. The maximum Gasteiger partial charge on any atom is 0.358 e. The van der Waals surface area contributed by atoms with Gasteiger partial charge in [-0.15, -0.1) is 0 Å². The first-order chi connectivity index (χ1) is 10.2. The smallest absolute Gasteiger partial charge is 0.358 e. The van der Waals surface area contributed by atoms with E-state index in [9.17, 15) is 4.79 Å². The van der Waals surface area contributed by atoms with Crippen molar-refractivity contribution in [2.45, 2.75) is 6.92 Å². The summed E-state index contributed by atoms with van der Waals surface area (Å²) in [5.41, 5.74) is 3.08. The predicted octanol–water partition coefficient (Wildman–Crippen LogP) is 3.83. The Morgan fingerprint density at radius 2 is 1.86 bits per heavy atom. The normalized spacial score (nSPS) is 10.8. The molecule has 2 heterocycles. The van der Waals surface area contributed by atoms with E-state index in [0.29, 0.717) is 23.0 Å². The summed E-state index contributed by atoms with van der Waals surface area (Å²) in [5, 5.41) is 0.701. The molecule has 0 aliphatic rings. The monoisotopic (exact) mass is 300 g/mol. The van der Waals surface area contributed by atoms with Crippen LogP contribution in [0, 0.1) is 0 Å². The molecule has 3 aromatic rings. The molecule has 0 aliphatic carbocycles. The summed E-state index contributed by atoms with van der Waals surface area (Å²) in [7, 11) is 0. The molecule has 0 bridgehead atoms. The SMILES string of the molecule is CCOC(=O)c1cn2cc(-c3ccc(Cl)cc3)ccc2n1. The van der Waals surface area contributed by atoms with Crippen molar-refractivity contribution in [2.75, 3.05) is 6.61 Å². The third-order valence-corrected chi connectivity index (χ3v) is 3.37. The minimum Gasteiger partial charge on any atom is -0.461 e. The van der Waals surface area contributed by atoms with E-state index in [4.69, 9.17) is 16.3 Å². The minimum atomic E-state index is -0.408. The molecule has 0 saturated carbocycles. The molecule has 0 N–H and O–H groups in total. The second-order valence-electron chi connectivity index (χ2n) is 4.54. The standard InChI is InChI=1S/C16H13ClN2O2/c1-2-21-16(20)14-10-19-9-12(5-8-15(19)18-14)11-3-6-13(17)7-4-11/h3-10H,2H2,1H3. The highest BCUT2D eigenvalue weighted by Crippen LogP contribution is 2.22. The van der Waals surface area contributed by atoms with Crippen LogP contribution in [0.1, 0.15) is 17.4 Å². The van der Waals surface area contributed by atoms with Gasteiger partial charge in [-0.3, -0.25) is 0 Å². The zero-order chi connectivity index (χ0) is 14.8. The Morgan fingerprint density at radius 1 is 1.14 bits per heavy atom. The maximum absolute atomic E-state index is 11.7. The molecule has 1 aromatic carbocycles. The zero-order valence-electron chi connectivity index (χ0n) is 11.4. The van der Waals surface area contributed by atoms with Crippen molar-refractivity contribution in [1.29, 1.82) is 0 Å². The van der Waals surface area contributed by atoms with Crippen molar-refractivity contribution >= 4 is 23.2 Å². The average molecular weight is 301 g/mol. The van der Waals surface area contributed by atoms with Crippen LogP contribution in [0.2, 0.25) is 5.02 Å². The van der Waals surface area contributed by atoms with Crippen molar-refractivity contribution in [3.8, 4) is 11.1 Å². The van der Waals surface area contributed by atoms with Crippen LogP contribution >= 0.6 is 11.6 Å². The van der Waals surface area contributed by atoms with Crippen LogP contribution < -0.4 is 0 Å². The van der Waals surface area contributed by atoms with Gasteiger partial charge in [-0.25, -0.2) is 9.78 Å². The van der Waals surface area contributed by atoms with Crippen LogP contribution in [0.3, 0.4) is 0 Å². The number of carbonyl (C=O) groups is 1.